The Labute approximate surface area is 137 Å². The van der Waals surface area contributed by atoms with Gasteiger partial charge in [-0.3, -0.25) is 9.59 Å². The number of likely N-dealkylation sites (tertiary alicyclic amines) is 1. The highest BCUT2D eigenvalue weighted by Crippen LogP contribution is 2.26. The average Bonchev–Trinajstić information content (AvgIpc) is 2.82. The third-order valence-corrected chi connectivity index (χ3v) is 4.14. The van der Waals surface area contributed by atoms with E-state index >= 15 is 0 Å². The Kier molecular flexibility index (Phi) is 6.02. The first-order valence-corrected chi connectivity index (χ1v) is 8.17. The lowest BCUT2D eigenvalue weighted by Gasteiger charge is -2.25. The molecule has 5 heteroatoms. The zero-order valence-corrected chi connectivity index (χ0v) is 14.1. The first-order chi connectivity index (χ1) is 11.0. The highest BCUT2D eigenvalue weighted by Gasteiger charge is 2.24. The fourth-order valence-electron chi connectivity index (χ4n) is 2.81. The van der Waals surface area contributed by atoms with Crippen LogP contribution in [-0.2, 0) is 4.79 Å². The number of hydrogen-bond donors (Lipinski definition) is 0. The number of ether oxygens (including phenoxy) is 2. The lowest BCUT2D eigenvalue weighted by Crippen LogP contribution is -2.41. The number of methoxy groups -OCH3 is 1. The minimum absolute atomic E-state index is 0.0239. The Morgan fingerprint density at radius 2 is 1.78 bits per heavy atom. The van der Waals surface area contributed by atoms with Gasteiger partial charge in [-0.15, -0.1) is 0 Å². The van der Waals surface area contributed by atoms with E-state index in [0.717, 1.165) is 25.9 Å². The average molecular weight is 319 g/mol. The van der Waals surface area contributed by atoms with Crippen LogP contribution in [0.3, 0.4) is 0 Å². The van der Waals surface area contributed by atoms with Gasteiger partial charge in [0.2, 0.25) is 0 Å². The molecule has 1 atom stereocenters. The number of nitrogens with zero attached hydrogens (tertiary/aromatic N) is 1. The third-order valence-electron chi connectivity index (χ3n) is 4.14. The molecule has 126 valence electrons. The molecule has 1 aromatic carbocycles. The number of benzene rings is 1. The number of carbonyl (C=O) groups excluding carboxylic acids is 2. The first-order valence-electron chi connectivity index (χ1n) is 8.17. The molecular formula is C18H25NO4. The molecule has 0 saturated carbocycles. The summed E-state index contributed by atoms with van der Waals surface area (Å²) in [4.78, 5) is 26.2. The first kappa shape index (κ1) is 17.3. The fraction of sp³-hybridized carbons (Fsp3) is 0.556. The van der Waals surface area contributed by atoms with Crippen molar-refractivity contribution in [1.29, 1.82) is 0 Å². The molecule has 0 aliphatic carbocycles. The van der Waals surface area contributed by atoms with Gasteiger partial charge < -0.3 is 14.4 Å². The molecule has 0 bridgehead atoms. The molecule has 23 heavy (non-hydrogen) atoms. The summed E-state index contributed by atoms with van der Waals surface area (Å²) in [5, 5.41) is 0. The maximum Gasteiger partial charge on any atom is 0.263 e. The minimum atomic E-state index is -0.627. The van der Waals surface area contributed by atoms with Crippen LogP contribution in [0.2, 0.25) is 0 Å². The van der Waals surface area contributed by atoms with Gasteiger partial charge in [-0.25, -0.2) is 0 Å². The molecule has 1 saturated heterocycles. The lowest BCUT2D eigenvalue weighted by atomic mass is 10.1. The van der Waals surface area contributed by atoms with Crippen LogP contribution in [0.5, 0.6) is 11.5 Å². The van der Waals surface area contributed by atoms with Gasteiger partial charge in [0.15, 0.2) is 11.9 Å². The molecule has 0 spiro atoms. The standard InChI is InChI=1S/C18H25NO4/c1-13(20)16-9-8-15(22-3)12-17(16)23-14(2)18(21)19-10-6-4-5-7-11-19/h8-9,12,14H,4-7,10-11H2,1-3H3. The second kappa shape index (κ2) is 7.99. The number of Topliss-reactive ketones (excluding diaryl/α,β-unsaturated/α-hetero) is 1. The van der Waals surface area contributed by atoms with Crippen LogP contribution in [0.1, 0.15) is 49.9 Å². The van der Waals surface area contributed by atoms with Crippen LogP contribution in [0, 0.1) is 0 Å². The number of carbonyl (C=O) groups is 2. The molecule has 1 fully saturated rings. The molecule has 1 aliphatic rings. The summed E-state index contributed by atoms with van der Waals surface area (Å²) in [7, 11) is 1.55. The normalized spacial score (nSPS) is 16.4. The van der Waals surface area contributed by atoms with Gasteiger partial charge in [0.05, 0.1) is 12.7 Å². The van der Waals surface area contributed by atoms with Gasteiger partial charge in [-0.2, -0.15) is 0 Å². The van der Waals surface area contributed by atoms with Crippen LogP contribution in [0.25, 0.3) is 0 Å². The van der Waals surface area contributed by atoms with Gasteiger partial charge >= 0.3 is 0 Å². The number of amides is 1. The van der Waals surface area contributed by atoms with E-state index in [1.807, 2.05) is 4.90 Å². The summed E-state index contributed by atoms with van der Waals surface area (Å²) >= 11 is 0. The van der Waals surface area contributed by atoms with E-state index in [1.54, 1.807) is 32.2 Å². The Bertz CT molecular complexity index is 562. The van der Waals surface area contributed by atoms with Gasteiger partial charge in [-0.05, 0) is 38.8 Å². The minimum Gasteiger partial charge on any atom is -0.497 e. The molecule has 1 unspecified atom stereocenters. The summed E-state index contributed by atoms with van der Waals surface area (Å²) < 4.78 is 11.0. The van der Waals surface area contributed by atoms with E-state index in [4.69, 9.17) is 9.47 Å². The maximum atomic E-state index is 12.6. The van der Waals surface area contributed by atoms with Crippen LogP contribution in [0.4, 0.5) is 0 Å². The van der Waals surface area contributed by atoms with E-state index in [1.165, 1.54) is 19.8 Å². The van der Waals surface area contributed by atoms with Crippen molar-refractivity contribution in [2.75, 3.05) is 20.2 Å². The second-order valence-electron chi connectivity index (χ2n) is 5.92. The zero-order valence-electron chi connectivity index (χ0n) is 14.1. The SMILES string of the molecule is COc1ccc(C(C)=O)c(OC(C)C(=O)N2CCCCCC2)c1. The molecular weight excluding hydrogens is 294 g/mol. The molecule has 1 amide bonds. The van der Waals surface area contributed by atoms with Crippen molar-refractivity contribution in [3.63, 3.8) is 0 Å². The van der Waals surface area contributed by atoms with Crippen molar-refractivity contribution < 1.29 is 19.1 Å². The maximum absolute atomic E-state index is 12.6. The van der Waals surface area contributed by atoms with Gasteiger partial charge in [0.25, 0.3) is 5.91 Å². The zero-order chi connectivity index (χ0) is 16.8. The van der Waals surface area contributed by atoms with E-state index in [0.29, 0.717) is 17.1 Å². The van der Waals surface area contributed by atoms with Gasteiger partial charge in [0.1, 0.15) is 11.5 Å². The second-order valence-corrected chi connectivity index (χ2v) is 5.92. The predicted octanol–water partition coefficient (Wildman–Crippen LogP) is 3.07. The summed E-state index contributed by atoms with van der Waals surface area (Å²) in [6.45, 7) is 4.78. The molecule has 2 rings (SSSR count). The van der Waals surface area contributed by atoms with Crippen molar-refractivity contribution in [1.82, 2.24) is 4.90 Å². The van der Waals surface area contributed by atoms with E-state index in [-0.39, 0.29) is 11.7 Å². The topological polar surface area (TPSA) is 55.8 Å². The van der Waals surface area contributed by atoms with Gasteiger partial charge in [0, 0.05) is 19.2 Å². The molecule has 0 N–H and O–H groups in total. The highest BCUT2D eigenvalue weighted by molar-refractivity contribution is 5.97. The number of rotatable bonds is 5. The number of hydrogen-bond acceptors (Lipinski definition) is 4. The molecule has 0 radical (unpaired) electrons. The van der Waals surface area contributed by atoms with E-state index in [2.05, 4.69) is 0 Å². The monoisotopic (exact) mass is 319 g/mol. The van der Waals surface area contributed by atoms with Crippen LogP contribution in [0.15, 0.2) is 18.2 Å². The Hall–Kier alpha value is -2.04. The van der Waals surface area contributed by atoms with Crippen molar-refractivity contribution in [3.05, 3.63) is 23.8 Å². The van der Waals surface area contributed by atoms with Crippen molar-refractivity contribution >= 4 is 11.7 Å². The van der Waals surface area contributed by atoms with Crippen molar-refractivity contribution in [2.24, 2.45) is 0 Å². The smallest absolute Gasteiger partial charge is 0.263 e. The molecule has 5 nitrogen and oxygen atoms in total. The third kappa shape index (κ3) is 4.47. The highest BCUT2D eigenvalue weighted by atomic mass is 16.5. The fourth-order valence-corrected chi connectivity index (χ4v) is 2.81. The summed E-state index contributed by atoms with van der Waals surface area (Å²) in [5.74, 6) is 0.869. The van der Waals surface area contributed by atoms with Crippen molar-refractivity contribution in [3.8, 4) is 11.5 Å². The Morgan fingerprint density at radius 3 is 2.35 bits per heavy atom. The summed E-state index contributed by atoms with van der Waals surface area (Å²) in [5.41, 5.74) is 0.460. The van der Waals surface area contributed by atoms with Gasteiger partial charge in [-0.1, -0.05) is 12.8 Å². The van der Waals surface area contributed by atoms with Crippen molar-refractivity contribution in [2.45, 2.75) is 45.6 Å². The molecule has 1 heterocycles. The number of ketones is 1. The van der Waals surface area contributed by atoms with E-state index < -0.39 is 6.10 Å². The molecule has 1 aromatic rings. The predicted molar refractivity (Wildman–Crippen MR) is 88.1 cm³/mol. The summed E-state index contributed by atoms with van der Waals surface area (Å²) in [6.07, 6.45) is 3.79. The van der Waals surface area contributed by atoms with Crippen LogP contribution >= 0.6 is 0 Å². The van der Waals surface area contributed by atoms with Crippen LogP contribution in [-0.4, -0.2) is 42.9 Å². The van der Waals surface area contributed by atoms with E-state index in [9.17, 15) is 9.59 Å². The van der Waals surface area contributed by atoms with Crippen LogP contribution < -0.4 is 9.47 Å². The molecule has 0 aromatic heterocycles. The lowest BCUT2D eigenvalue weighted by molar-refractivity contribution is -0.137. The Balaban J connectivity index is 2.13. The largest absolute Gasteiger partial charge is 0.497 e. The Morgan fingerprint density at radius 1 is 1.13 bits per heavy atom. The quantitative estimate of drug-likeness (QED) is 0.783. The summed E-state index contributed by atoms with van der Waals surface area (Å²) in [6, 6.07) is 5.04. The molecule has 1 aliphatic heterocycles.